The van der Waals surface area contributed by atoms with Crippen LogP contribution in [-0.4, -0.2) is 30.8 Å². The molecule has 3 amide bonds. The first-order chi connectivity index (χ1) is 25.2. The minimum Gasteiger partial charge on any atom is -0.465 e. The number of esters is 1. The summed E-state index contributed by atoms with van der Waals surface area (Å²) in [7, 11) is 1.34. The van der Waals surface area contributed by atoms with E-state index in [0.717, 1.165) is 35.3 Å². The van der Waals surface area contributed by atoms with Gasteiger partial charge < -0.3 is 20.7 Å². The molecule has 2 atom stereocenters. The number of methoxy groups -OCH3 is 1. The smallest absolute Gasteiger partial charge is 0.341 e. The Morgan fingerprint density at radius 3 is 2.33 bits per heavy atom. The highest BCUT2D eigenvalue weighted by molar-refractivity contribution is 8.00. The number of ether oxygens (including phenoxy) is 1. The molecule has 0 radical (unpaired) electrons. The van der Waals surface area contributed by atoms with Crippen molar-refractivity contribution in [3.05, 3.63) is 153 Å². The number of carbonyl (C=O) groups excluding carboxylic acids is 4. The fraction of sp³-hybridized carbons (Fsp3) is 0.171. The van der Waals surface area contributed by atoms with Crippen molar-refractivity contribution in [2.24, 2.45) is 5.92 Å². The van der Waals surface area contributed by atoms with Crippen LogP contribution in [-0.2, 0) is 27.2 Å². The zero-order valence-corrected chi connectivity index (χ0v) is 30.1. The summed E-state index contributed by atoms with van der Waals surface area (Å²) >= 11 is 2.72. The fourth-order valence-corrected chi connectivity index (χ4v) is 8.37. The lowest BCUT2D eigenvalue weighted by Crippen LogP contribution is -2.30. The summed E-state index contributed by atoms with van der Waals surface area (Å²) in [5, 5.41) is 8.36. The predicted octanol–water partition coefficient (Wildman–Crippen LogP) is 8.68. The molecule has 1 heterocycles. The summed E-state index contributed by atoms with van der Waals surface area (Å²) in [5.41, 5.74) is 3.38. The maximum Gasteiger partial charge on any atom is 0.341 e. The predicted molar refractivity (Wildman–Crippen MR) is 204 cm³/mol. The topological polar surface area (TPSA) is 114 Å². The van der Waals surface area contributed by atoms with Crippen LogP contribution in [0, 0.1) is 11.7 Å². The molecule has 8 nitrogen and oxygen atoms in total. The van der Waals surface area contributed by atoms with Crippen LogP contribution in [0.4, 0.5) is 15.1 Å². The summed E-state index contributed by atoms with van der Waals surface area (Å²) in [6.45, 7) is 2.18. The van der Waals surface area contributed by atoms with Gasteiger partial charge in [-0.05, 0) is 90.4 Å². The first-order valence-corrected chi connectivity index (χ1v) is 18.4. The Balaban J connectivity index is 1.25. The number of halogens is 1. The summed E-state index contributed by atoms with van der Waals surface area (Å²) in [6, 6.07) is 30.4. The Kier molecular flexibility index (Phi) is 11.6. The van der Waals surface area contributed by atoms with Gasteiger partial charge in [0, 0.05) is 21.0 Å². The van der Waals surface area contributed by atoms with E-state index >= 15 is 0 Å². The molecule has 0 aliphatic heterocycles. The average Bonchev–Trinajstić information content (AvgIpc) is 3.51. The van der Waals surface area contributed by atoms with E-state index in [4.69, 9.17) is 4.74 Å². The van der Waals surface area contributed by atoms with Crippen molar-refractivity contribution in [2.45, 2.75) is 36.3 Å². The number of hydrogen-bond donors (Lipinski definition) is 3. The van der Waals surface area contributed by atoms with Crippen LogP contribution in [0.5, 0.6) is 0 Å². The number of amides is 3. The number of carbonyl (C=O) groups is 4. The van der Waals surface area contributed by atoms with E-state index in [1.807, 2.05) is 36.4 Å². The lowest BCUT2D eigenvalue weighted by atomic mass is 9.88. The molecule has 1 aromatic heterocycles. The third-order valence-corrected chi connectivity index (χ3v) is 11.0. The van der Waals surface area contributed by atoms with Crippen LogP contribution in [0.2, 0.25) is 0 Å². The van der Waals surface area contributed by atoms with Crippen LogP contribution in [0.25, 0.3) is 6.08 Å². The Morgan fingerprint density at radius 1 is 0.904 bits per heavy atom. The molecular formula is C41H36FN3O5S2. The Hall–Kier alpha value is -5.52. The third kappa shape index (κ3) is 8.85. The summed E-state index contributed by atoms with van der Waals surface area (Å²) in [6.07, 6.45) is 4.01. The molecule has 3 N–H and O–H groups in total. The zero-order valence-electron chi connectivity index (χ0n) is 28.5. The number of thiophene rings is 1. The lowest BCUT2D eigenvalue weighted by molar-refractivity contribution is -0.116. The number of hydrogen-bond acceptors (Lipinski definition) is 7. The fourth-order valence-electron chi connectivity index (χ4n) is 5.88. The molecule has 0 spiro atoms. The van der Waals surface area contributed by atoms with E-state index < -0.39 is 28.9 Å². The first-order valence-electron chi connectivity index (χ1n) is 16.7. The maximum atomic E-state index is 14.1. The molecule has 0 fully saturated rings. The van der Waals surface area contributed by atoms with Gasteiger partial charge in [-0.25, -0.2) is 9.18 Å². The van der Waals surface area contributed by atoms with E-state index in [-0.39, 0.29) is 11.6 Å². The standard InChI is InChI=1S/C41H36FN3O5S2/c1-25-16-21-32-34(22-25)52-40(35(32)41(49)50-2)45-39(48)36(27-10-5-3-6-11-27)51-31-15-9-14-30(24-31)43-38(47)33(23-26-17-19-29(42)20-18-26)44-37(46)28-12-7-4-8-13-28/h3-15,17-20,23-25,36H,16,21-22H2,1-2H3,(H,43,47)(H,44,46)(H,45,48)/b33-23+. The van der Waals surface area contributed by atoms with Crippen molar-refractivity contribution in [1.82, 2.24) is 5.32 Å². The second-order valence-electron chi connectivity index (χ2n) is 12.4. The Labute approximate surface area is 309 Å². The van der Waals surface area contributed by atoms with Crippen molar-refractivity contribution in [3.63, 3.8) is 0 Å². The van der Waals surface area contributed by atoms with Crippen LogP contribution in [0.15, 0.2) is 120 Å². The van der Waals surface area contributed by atoms with Crippen LogP contribution < -0.4 is 16.0 Å². The van der Waals surface area contributed by atoms with Crippen LogP contribution in [0.1, 0.15) is 60.9 Å². The molecule has 1 aliphatic carbocycles. The molecule has 2 unspecified atom stereocenters. The van der Waals surface area contributed by atoms with E-state index in [1.165, 1.54) is 60.5 Å². The monoisotopic (exact) mass is 733 g/mol. The normalized spacial score (nSPS) is 14.4. The molecule has 264 valence electrons. The van der Waals surface area contributed by atoms with Crippen molar-refractivity contribution in [2.75, 3.05) is 17.7 Å². The second-order valence-corrected chi connectivity index (χ2v) is 14.6. The highest BCUT2D eigenvalue weighted by Crippen LogP contribution is 2.42. The number of rotatable bonds is 11. The van der Waals surface area contributed by atoms with Gasteiger partial charge >= 0.3 is 5.97 Å². The number of nitrogens with one attached hydrogen (secondary N) is 3. The van der Waals surface area contributed by atoms with E-state index in [0.29, 0.717) is 38.2 Å². The number of anilines is 2. The minimum absolute atomic E-state index is 0.0468. The number of thioether (sulfide) groups is 1. The second kappa shape index (κ2) is 16.7. The SMILES string of the molecule is COC(=O)c1c(NC(=O)C(Sc2cccc(NC(=O)/C(=C\c3ccc(F)cc3)NC(=O)c3ccccc3)c2)c2ccccc2)sc2c1CCC(C)C2. The summed E-state index contributed by atoms with van der Waals surface area (Å²) in [5.74, 6) is -1.81. The molecule has 52 heavy (non-hydrogen) atoms. The minimum atomic E-state index is -0.713. The highest BCUT2D eigenvalue weighted by atomic mass is 32.2. The molecule has 6 rings (SSSR count). The molecule has 1 aliphatic rings. The summed E-state index contributed by atoms with van der Waals surface area (Å²) in [4.78, 5) is 55.5. The molecule has 0 bridgehead atoms. The lowest BCUT2D eigenvalue weighted by Gasteiger charge is -2.18. The van der Waals surface area contributed by atoms with Gasteiger partial charge in [0.05, 0.1) is 12.7 Å². The summed E-state index contributed by atoms with van der Waals surface area (Å²) < 4.78 is 18.7. The van der Waals surface area contributed by atoms with E-state index in [9.17, 15) is 23.6 Å². The van der Waals surface area contributed by atoms with Gasteiger partial charge in [0.1, 0.15) is 21.8 Å². The first kappa shape index (κ1) is 36.3. The highest BCUT2D eigenvalue weighted by Gasteiger charge is 2.31. The largest absolute Gasteiger partial charge is 0.465 e. The molecule has 0 saturated carbocycles. The van der Waals surface area contributed by atoms with Gasteiger partial charge in [-0.3, -0.25) is 14.4 Å². The van der Waals surface area contributed by atoms with Crippen molar-refractivity contribution in [1.29, 1.82) is 0 Å². The van der Waals surface area contributed by atoms with Gasteiger partial charge in [-0.1, -0.05) is 73.7 Å². The molecule has 5 aromatic rings. The van der Waals surface area contributed by atoms with Crippen LogP contribution in [0.3, 0.4) is 0 Å². The number of benzene rings is 4. The van der Waals surface area contributed by atoms with Crippen molar-refractivity contribution in [3.8, 4) is 0 Å². The number of fused-ring (bicyclic) bond motifs is 1. The van der Waals surface area contributed by atoms with Gasteiger partial charge in [0.25, 0.3) is 11.8 Å². The Morgan fingerprint density at radius 2 is 1.62 bits per heavy atom. The van der Waals surface area contributed by atoms with Crippen molar-refractivity contribution >= 4 is 63.6 Å². The maximum absolute atomic E-state index is 14.1. The zero-order chi connectivity index (χ0) is 36.6. The van der Waals surface area contributed by atoms with Gasteiger partial charge in [-0.15, -0.1) is 23.1 Å². The van der Waals surface area contributed by atoms with Gasteiger partial charge in [-0.2, -0.15) is 0 Å². The third-order valence-electron chi connectivity index (χ3n) is 8.53. The van der Waals surface area contributed by atoms with E-state index in [2.05, 4.69) is 22.9 Å². The van der Waals surface area contributed by atoms with E-state index in [1.54, 1.807) is 48.5 Å². The molecular weight excluding hydrogens is 698 g/mol. The van der Waals surface area contributed by atoms with Crippen LogP contribution >= 0.6 is 23.1 Å². The Bertz CT molecular complexity index is 2120. The van der Waals surface area contributed by atoms with Crippen molar-refractivity contribution < 1.29 is 28.3 Å². The quantitative estimate of drug-likeness (QED) is 0.0712. The molecule has 4 aromatic carbocycles. The molecule has 0 saturated heterocycles. The van der Waals surface area contributed by atoms with Gasteiger partial charge in [0.2, 0.25) is 5.91 Å². The van der Waals surface area contributed by atoms with Gasteiger partial charge in [0.15, 0.2) is 0 Å². The molecule has 11 heteroatoms. The average molecular weight is 734 g/mol.